The third-order valence-corrected chi connectivity index (χ3v) is 3.34. The van der Waals surface area contributed by atoms with Gasteiger partial charge in [-0.1, -0.05) is 13.3 Å². The van der Waals surface area contributed by atoms with E-state index in [1.165, 1.54) is 6.26 Å². The molecule has 6 heteroatoms. The average molecular weight is 245 g/mol. The van der Waals surface area contributed by atoms with Crippen LogP contribution >= 0.6 is 0 Å². The van der Waals surface area contributed by atoms with Gasteiger partial charge >= 0.3 is 0 Å². The van der Waals surface area contributed by atoms with Crippen molar-refractivity contribution in [2.24, 2.45) is 5.73 Å². The molecule has 2 N–H and O–H groups in total. The van der Waals surface area contributed by atoms with Gasteiger partial charge in [-0.15, -0.1) is 0 Å². The minimum Gasteiger partial charge on any atom is -0.326 e. The average Bonchev–Trinajstić information content (AvgIpc) is 2.57. The van der Waals surface area contributed by atoms with Crippen molar-refractivity contribution in [2.45, 2.75) is 32.9 Å². The molecule has 0 saturated carbocycles. The number of nitrogens with two attached hydrogens (primary N) is 1. The van der Waals surface area contributed by atoms with Gasteiger partial charge in [-0.05, 0) is 6.42 Å². The quantitative estimate of drug-likeness (QED) is 0.784. The zero-order valence-corrected chi connectivity index (χ0v) is 10.6. The molecular weight excluding hydrogens is 226 g/mol. The number of aryl methyl sites for hydroxylation is 1. The molecule has 1 rings (SSSR count). The Kier molecular flexibility index (Phi) is 4.49. The highest BCUT2D eigenvalue weighted by molar-refractivity contribution is 7.90. The van der Waals surface area contributed by atoms with E-state index in [1.807, 2.05) is 0 Å². The predicted octanol–water partition coefficient (Wildman–Crippen LogP) is 0.339. The van der Waals surface area contributed by atoms with Crippen molar-refractivity contribution in [3.8, 4) is 0 Å². The Morgan fingerprint density at radius 2 is 2.19 bits per heavy atom. The van der Waals surface area contributed by atoms with Crippen LogP contribution in [0.15, 0.2) is 6.20 Å². The van der Waals surface area contributed by atoms with E-state index in [0.717, 1.165) is 24.1 Å². The van der Waals surface area contributed by atoms with E-state index in [-0.39, 0.29) is 5.75 Å². The summed E-state index contributed by atoms with van der Waals surface area (Å²) in [6.07, 6.45) is 4.85. The van der Waals surface area contributed by atoms with E-state index in [0.29, 0.717) is 13.1 Å². The summed E-state index contributed by atoms with van der Waals surface area (Å²) in [6.45, 7) is 2.94. The van der Waals surface area contributed by atoms with Gasteiger partial charge in [0.2, 0.25) is 0 Å². The molecule has 0 aliphatic heterocycles. The summed E-state index contributed by atoms with van der Waals surface area (Å²) in [5.41, 5.74) is 7.68. The molecule has 0 atom stereocenters. The molecule has 0 spiro atoms. The van der Waals surface area contributed by atoms with Crippen LogP contribution in [0.3, 0.4) is 0 Å². The second-order valence-corrected chi connectivity index (χ2v) is 6.18. The lowest BCUT2D eigenvalue weighted by Crippen LogP contribution is -2.15. The van der Waals surface area contributed by atoms with Crippen LogP contribution in [0.25, 0.3) is 0 Å². The fourth-order valence-electron chi connectivity index (χ4n) is 1.59. The Labute approximate surface area is 96.6 Å². The smallest absolute Gasteiger partial charge is 0.149 e. The van der Waals surface area contributed by atoms with E-state index in [9.17, 15) is 8.42 Å². The summed E-state index contributed by atoms with van der Waals surface area (Å²) in [5.74, 6) is 0.120. The van der Waals surface area contributed by atoms with Gasteiger partial charge in [0.15, 0.2) is 0 Å². The lowest BCUT2D eigenvalue weighted by atomic mass is 10.1. The Bertz CT molecular complexity index is 437. The molecule has 0 fully saturated rings. The van der Waals surface area contributed by atoms with Crippen LogP contribution in [0.1, 0.15) is 24.6 Å². The summed E-state index contributed by atoms with van der Waals surface area (Å²) in [6, 6.07) is 0. The Morgan fingerprint density at radius 1 is 1.50 bits per heavy atom. The van der Waals surface area contributed by atoms with Gasteiger partial charge in [-0.2, -0.15) is 5.10 Å². The molecule has 92 valence electrons. The Morgan fingerprint density at radius 3 is 2.69 bits per heavy atom. The van der Waals surface area contributed by atoms with Crippen LogP contribution in [0.2, 0.25) is 0 Å². The summed E-state index contributed by atoms with van der Waals surface area (Å²) in [5, 5.41) is 4.18. The summed E-state index contributed by atoms with van der Waals surface area (Å²) >= 11 is 0. The van der Waals surface area contributed by atoms with Gasteiger partial charge in [0.1, 0.15) is 9.84 Å². The van der Waals surface area contributed by atoms with E-state index >= 15 is 0 Å². The molecule has 0 amide bonds. The largest absolute Gasteiger partial charge is 0.326 e. The molecule has 1 aromatic rings. The van der Waals surface area contributed by atoms with Crippen LogP contribution in [0.5, 0.6) is 0 Å². The topological polar surface area (TPSA) is 78.0 Å². The first kappa shape index (κ1) is 13.2. The first-order valence-corrected chi connectivity index (χ1v) is 7.45. The van der Waals surface area contributed by atoms with E-state index in [4.69, 9.17) is 5.73 Å². The highest BCUT2D eigenvalue weighted by Crippen LogP contribution is 2.10. The summed E-state index contributed by atoms with van der Waals surface area (Å²) in [4.78, 5) is 0. The molecule has 0 bridgehead atoms. The van der Waals surface area contributed by atoms with Gasteiger partial charge in [-0.25, -0.2) is 8.42 Å². The highest BCUT2D eigenvalue weighted by Gasteiger charge is 2.10. The lowest BCUT2D eigenvalue weighted by Gasteiger charge is -2.07. The molecule has 0 radical (unpaired) electrons. The van der Waals surface area contributed by atoms with Crippen LogP contribution in [0, 0.1) is 0 Å². The molecule has 0 aliphatic carbocycles. The number of aromatic nitrogens is 2. The van der Waals surface area contributed by atoms with Crippen LogP contribution in [0.4, 0.5) is 0 Å². The van der Waals surface area contributed by atoms with Crippen molar-refractivity contribution < 1.29 is 8.42 Å². The molecule has 0 unspecified atom stereocenters. The maximum atomic E-state index is 11.1. The van der Waals surface area contributed by atoms with Crippen molar-refractivity contribution >= 4 is 9.84 Å². The predicted molar refractivity (Wildman–Crippen MR) is 63.8 cm³/mol. The summed E-state index contributed by atoms with van der Waals surface area (Å²) < 4.78 is 23.9. The fraction of sp³-hybridized carbons (Fsp3) is 0.700. The van der Waals surface area contributed by atoms with E-state index in [2.05, 4.69) is 12.0 Å². The number of sulfone groups is 1. The third-order valence-electron chi connectivity index (χ3n) is 2.42. The van der Waals surface area contributed by atoms with Gasteiger partial charge in [0.25, 0.3) is 0 Å². The molecule has 5 nitrogen and oxygen atoms in total. The molecule has 1 aromatic heterocycles. The van der Waals surface area contributed by atoms with Gasteiger partial charge in [-0.3, -0.25) is 4.68 Å². The van der Waals surface area contributed by atoms with Gasteiger partial charge < -0.3 is 5.73 Å². The van der Waals surface area contributed by atoms with Crippen molar-refractivity contribution in [3.63, 3.8) is 0 Å². The fourth-order valence-corrected chi connectivity index (χ4v) is 2.10. The van der Waals surface area contributed by atoms with Crippen LogP contribution in [-0.2, 0) is 29.3 Å². The number of rotatable bonds is 6. The minimum atomic E-state index is -2.94. The monoisotopic (exact) mass is 245 g/mol. The number of hydrogen-bond acceptors (Lipinski definition) is 4. The zero-order chi connectivity index (χ0) is 12.2. The van der Waals surface area contributed by atoms with Crippen LogP contribution < -0.4 is 5.73 Å². The van der Waals surface area contributed by atoms with Crippen molar-refractivity contribution in [1.29, 1.82) is 0 Å². The van der Waals surface area contributed by atoms with Gasteiger partial charge in [0.05, 0.1) is 18.5 Å². The third kappa shape index (κ3) is 3.61. The van der Waals surface area contributed by atoms with Crippen molar-refractivity contribution in [3.05, 3.63) is 17.5 Å². The highest BCUT2D eigenvalue weighted by atomic mass is 32.2. The van der Waals surface area contributed by atoms with Crippen molar-refractivity contribution in [2.75, 3.05) is 12.0 Å². The molecule has 0 saturated heterocycles. The lowest BCUT2D eigenvalue weighted by molar-refractivity contribution is 0.576. The molecule has 0 aromatic carbocycles. The van der Waals surface area contributed by atoms with E-state index < -0.39 is 9.84 Å². The minimum absolute atomic E-state index is 0.120. The number of nitrogens with zero attached hydrogens (tertiary/aromatic N) is 2. The van der Waals surface area contributed by atoms with Gasteiger partial charge in [0, 0.05) is 24.1 Å². The Balaban J connectivity index is 2.83. The second kappa shape index (κ2) is 5.45. The molecular formula is C10H19N3O2S. The molecule has 16 heavy (non-hydrogen) atoms. The zero-order valence-electron chi connectivity index (χ0n) is 9.81. The van der Waals surface area contributed by atoms with Crippen LogP contribution in [-0.4, -0.2) is 30.2 Å². The standard InChI is InChI=1S/C10H19N3O2S/c1-3-4-10-9(7-11)8-12-13(10)5-6-16(2,14)15/h8H,3-7,11H2,1-2H3. The first-order valence-electron chi connectivity index (χ1n) is 5.39. The number of hydrogen-bond donors (Lipinski definition) is 1. The maximum absolute atomic E-state index is 11.1. The normalized spacial score (nSPS) is 11.9. The Hall–Kier alpha value is -0.880. The molecule has 1 heterocycles. The van der Waals surface area contributed by atoms with Crippen molar-refractivity contribution in [1.82, 2.24) is 9.78 Å². The van der Waals surface area contributed by atoms with E-state index in [1.54, 1.807) is 10.9 Å². The molecule has 0 aliphatic rings. The SMILES string of the molecule is CCCc1c(CN)cnn1CCS(C)(=O)=O. The maximum Gasteiger partial charge on any atom is 0.149 e. The second-order valence-electron chi connectivity index (χ2n) is 3.92. The summed E-state index contributed by atoms with van der Waals surface area (Å²) in [7, 11) is -2.94. The first-order chi connectivity index (χ1) is 7.48.